The number of halogens is 1. The van der Waals surface area contributed by atoms with Gasteiger partial charge in [0.1, 0.15) is 34.4 Å². The summed E-state index contributed by atoms with van der Waals surface area (Å²) < 4.78 is 13.8. The fourth-order valence-corrected chi connectivity index (χ4v) is 4.10. The van der Waals surface area contributed by atoms with E-state index in [4.69, 9.17) is 5.73 Å². The SMILES string of the molecule is N#Cc1c(N)nc(SCc2ccccc2F)c(C#N)c1-c1cccs1. The number of nitrogen functional groups attached to an aromatic ring is 1. The van der Waals surface area contributed by atoms with Crippen molar-refractivity contribution in [1.82, 2.24) is 4.98 Å². The van der Waals surface area contributed by atoms with Gasteiger partial charge in [-0.05, 0) is 23.1 Å². The quantitative estimate of drug-likeness (QED) is 0.684. The van der Waals surface area contributed by atoms with E-state index < -0.39 is 0 Å². The van der Waals surface area contributed by atoms with Crippen LogP contribution in [0.2, 0.25) is 0 Å². The molecule has 0 saturated heterocycles. The minimum absolute atomic E-state index is 0.0703. The van der Waals surface area contributed by atoms with E-state index in [1.54, 1.807) is 18.2 Å². The molecule has 122 valence electrons. The first-order chi connectivity index (χ1) is 12.2. The molecular weight excluding hydrogens is 355 g/mol. The summed E-state index contributed by atoms with van der Waals surface area (Å²) in [6.45, 7) is 0. The molecular formula is C18H11FN4S2. The molecule has 0 amide bonds. The fourth-order valence-electron chi connectivity index (χ4n) is 2.33. The summed E-state index contributed by atoms with van der Waals surface area (Å²) in [5.41, 5.74) is 7.41. The van der Waals surface area contributed by atoms with Crippen molar-refractivity contribution >= 4 is 28.9 Å². The van der Waals surface area contributed by atoms with E-state index in [2.05, 4.69) is 11.1 Å². The number of thiophene rings is 1. The number of rotatable bonds is 4. The summed E-state index contributed by atoms with van der Waals surface area (Å²) in [6.07, 6.45) is 0. The first kappa shape index (κ1) is 17.0. The van der Waals surface area contributed by atoms with Crippen LogP contribution in [0.1, 0.15) is 16.7 Å². The molecule has 3 rings (SSSR count). The molecule has 4 nitrogen and oxygen atoms in total. The first-order valence-corrected chi connectivity index (χ1v) is 9.06. The molecule has 3 aromatic rings. The molecule has 0 aliphatic carbocycles. The van der Waals surface area contributed by atoms with Crippen LogP contribution >= 0.6 is 23.1 Å². The molecule has 0 unspecified atom stereocenters. The van der Waals surface area contributed by atoms with Crippen LogP contribution in [0.15, 0.2) is 46.8 Å². The Kier molecular flexibility index (Phi) is 4.99. The van der Waals surface area contributed by atoms with Crippen LogP contribution in [0.25, 0.3) is 10.4 Å². The molecule has 2 aromatic heterocycles. The molecule has 25 heavy (non-hydrogen) atoms. The topological polar surface area (TPSA) is 86.5 Å². The van der Waals surface area contributed by atoms with Crippen molar-refractivity contribution in [3.05, 3.63) is 64.3 Å². The maximum Gasteiger partial charge on any atom is 0.143 e. The maximum atomic E-state index is 13.8. The number of nitrogens with zero attached hydrogens (tertiary/aromatic N) is 3. The van der Waals surface area contributed by atoms with E-state index in [0.717, 1.165) is 4.88 Å². The zero-order chi connectivity index (χ0) is 17.8. The lowest BCUT2D eigenvalue weighted by atomic mass is 10.0. The van der Waals surface area contributed by atoms with E-state index in [0.29, 0.717) is 21.9 Å². The maximum absolute atomic E-state index is 13.8. The summed E-state index contributed by atoms with van der Waals surface area (Å²) in [6, 6.07) is 14.3. The summed E-state index contributed by atoms with van der Waals surface area (Å²) in [7, 11) is 0. The monoisotopic (exact) mass is 366 g/mol. The number of pyridine rings is 1. The molecule has 2 heterocycles. The molecule has 1 aromatic carbocycles. The zero-order valence-corrected chi connectivity index (χ0v) is 14.5. The fraction of sp³-hybridized carbons (Fsp3) is 0.0556. The number of thioether (sulfide) groups is 1. The van der Waals surface area contributed by atoms with Crippen molar-refractivity contribution in [3.63, 3.8) is 0 Å². The summed E-state index contributed by atoms with van der Waals surface area (Å²) in [4.78, 5) is 4.98. The van der Waals surface area contributed by atoms with Gasteiger partial charge in [0.25, 0.3) is 0 Å². The van der Waals surface area contributed by atoms with Gasteiger partial charge in [-0.15, -0.1) is 23.1 Å². The molecule has 0 atom stereocenters. The third-order valence-corrected chi connectivity index (χ3v) is 5.42. The van der Waals surface area contributed by atoms with Crippen LogP contribution in [-0.4, -0.2) is 4.98 Å². The molecule has 0 spiro atoms. The average molecular weight is 366 g/mol. The molecule has 0 aliphatic heterocycles. The van der Waals surface area contributed by atoms with E-state index in [9.17, 15) is 14.9 Å². The minimum Gasteiger partial charge on any atom is -0.383 e. The highest BCUT2D eigenvalue weighted by Crippen LogP contribution is 2.38. The summed E-state index contributed by atoms with van der Waals surface area (Å²) in [5, 5.41) is 21.3. The lowest BCUT2D eigenvalue weighted by molar-refractivity contribution is 0.617. The van der Waals surface area contributed by atoms with Gasteiger partial charge in [0, 0.05) is 16.2 Å². The predicted octanol–water partition coefficient (Wildman–Crippen LogP) is 4.57. The van der Waals surface area contributed by atoms with Gasteiger partial charge >= 0.3 is 0 Å². The second-order valence-electron chi connectivity index (χ2n) is 5.01. The van der Waals surface area contributed by atoms with Gasteiger partial charge in [0.05, 0.1) is 5.56 Å². The number of hydrogen-bond acceptors (Lipinski definition) is 6. The number of benzene rings is 1. The molecule has 0 radical (unpaired) electrons. The third-order valence-electron chi connectivity index (χ3n) is 3.51. The van der Waals surface area contributed by atoms with Gasteiger partial charge in [-0.1, -0.05) is 24.3 Å². The molecule has 0 saturated carbocycles. The molecule has 0 fully saturated rings. The highest BCUT2D eigenvalue weighted by atomic mass is 32.2. The van der Waals surface area contributed by atoms with Crippen molar-refractivity contribution in [2.24, 2.45) is 0 Å². The first-order valence-electron chi connectivity index (χ1n) is 7.19. The lowest BCUT2D eigenvalue weighted by Crippen LogP contribution is -2.03. The van der Waals surface area contributed by atoms with Gasteiger partial charge < -0.3 is 5.73 Å². The standard InChI is InChI=1S/C18H11FN4S2/c19-14-5-2-1-4-11(14)10-25-18-13(9-21)16(15-6-3-7-24-15)12(8-20)17(22)23-18/h1-7H,10H2,(H2,22,23). The molecule has 2 N–H and O–H groups in total. The lowest BCUT2D eigenvalue weighted by Gasteiger charge is -2.11. The van der Waals surface area contributed by atoms with E-state index in [-0.39, 0.29) is 22.8 Å². The van der Waals surface area contributed by atoms with Crippen molar-refractivity contribution in [2.45, 2.75) is 10.8 Å². The number of nitriles is 2. The number of hydrogen-bond donors (Lipinski definition) is 1. The van der Waals surface area contributed by atoms with Gasteiger partial charge in [0.15, 0.2) is 0 Å². The van der Waals surface area contributed by atoms with Gasteiger partial charge in [-0.3, -0.25) is 0 Å². The Hall–Kier alpha value is -2.87. The second kappa shape index (κ2) is 7.35. The van der Waals surface area contributed by atoms with Gasteiger partial charge in [-0.25, -0.2) is 9.37 Å². The number of anilines is 1. The highest BCUT2D eigenvalue weighted by molar-refractivity contribution is 7.98. The zero-order valence-electron chi connectivity index (χ0n) is 12.9. The van der Waals surface area contributed by atoms with Crippen LogP contribution in [0.4, 0.5) is 10.2 Å². The van der Waals surface area contributed by atoms with Crippen LogP contribution in [0.5, 0.6) is 0 Å². The van der Waals surface area contributed by atoms with E-state index >= 15 is 0 Å². The minimum atomic E-state index is -0.311. The van der Waals surface area contributed by atoms with Crippen molar-refractivity contribution in [3.8, 4) is 22.6 Å². The summed E-state index contributed by atoms with van der Waals surface area (Å²) in [5.74, 6) is 0.0679. The molecule has 0 bridgehead atoms. The summed E-state index contributed by atoms with van der Waals surface area (Å²) >= 11 is 2.64. The Balaban J connectivity index is 2.08. The van der Waals surface area contributed by atoms with Crippen LogP contribution in [0, 0.1) is 28.5 Å². The Morgan fingerprint density at radius 2 is 1.88 bits per heavy atom. The van der Waals surface area contributed by atoms with Crippen LogP contribution in [0.3, 0.4) is 0 Å². The van der Waals surface area contributed by atoms with Crippen molar-refractivity contribution < 1.29 is 4.39 Å². The number of nitrogens with two attached hydrogens (primary N) is 1. The normalized spacial score (nSPS) is 10.2. The molecule has 7 heteroatoms. The van der Waals surface area contributed by atoms with Crippen molar-refractivity contribution in [1.29, 1.82) is 10.5 Å². The predicted molar refractivity (Wildman–Crippen MR) is 97.4 cm³/mol. The van der Waals surface area contributed by atoms with Crippen LogP contribution in [-0.2, 0) is 5.75 Å². The Labute approximate surface area is 152 Å². The largest absolute Gasteiger partial charge is 0.383 e. The van der Waals surface area contributed by atoms with Gasteiger partial charge in [0.2, 0.25) is 0 Å². The van der Waals surface area contributed by atoms with E-state index in [1.165, 1.54) is 29.2 Å². The van der Waals surface area contributed by atoms with E-state index in [1.807, 2.05) is 23.6 Å². The van der Waals surface area contributed by atoms with Crippen LogP contribution < -0.4 is 5.73 Å². The van der Waals surface area contributed by atoms with Gasteiger partial charge in [-0.2, -0.15) is 10.5 Å². The average Bonchev–Trinajstić information content (AvgIpc) is 3.14. The Morgan fingerprint density at radius 1 is 1.12 bits per heavy atom. The highest BCUT2D eigenvalue weighted by Gasteiger charge is 2.21. The second-order valence-corrected chi connectivity index (χ2v) is 6.92. The smallest absolute Gasteiger partial charge is 0.143 e. The molecule has 0 aliphatic rings. The Morgan fingerprint density at radius 3 is 2.52 bits per heavy atom. The van der Waals surface area contributed by atoms with Crippen molar-refractivity contribution in [2.75, 3.05) is 5.73 Å². The third kappa shape index (κ3) is 3.34. The number of aromatic nitrogens is 1. The Bertz CT molecular complexity index is 1000.